The van der Waals surface area contributed by atoms with Gasteiger partial charge in [0.2, 0.25) is 0 Å². The minimum Gasteiger partial charge on any atom is -0.306 e. The molecule has 2 saturated heterocycles. The molecule has 0 spiro atoms. The van der Waals surface area contributed by atoms with Gasteiger partial charge in [0, 0.05) is 13.1 Å². The molecule has 112 valence electrons. The molecule has 0 amide bonds. The first-order valence-electron chi connectivity index (χ1n) is 8.47. The minimum atomic E-state index is 0.870. The molecule has 2 fully saturated rings. The van der Waals surface area contributed by atoms with Crippen LogP contribution in [-0.4, -0.2) is 49.6 Å². The lowest BCUT2D eigenvalue weighted by atomic mass is 9.85. The van der Waals surface area contributed by atoms with E-state index in [0.717, 1.165) is 23.7 Å². The number of hydrogen-bond acceptors (Lipinski definition) is 2. The van der Waals surface area contributed by atoms with Crippen LogP contribution in [0.15, 0.2) is 0 Å². The number of piperidine rings is 1. The molecule has 2 heterocycles. The lowest BCUT2D eigenvalue weighted by Crippen LogP contribution is -2.36. The normalized spacial score (nSPS) is 32.1. The summed E-state index contributed by atoms with van der Waals surface area (Å²) in [6, 6.07) is 0. The van der Waals surface area contributed by atoms with Gasteiger partial charge in [-0.3, -0.25) is 0 Å². The topological polar surface area (TPSA) is 6.48 Å². The van der Waals surface area contributed by atoms with Crippen LogP contribution in [0, 0.1) is 23.7 Å². The number of rotatable bonds is 5. The maximum atomic E-state index is 2.72. The van der Waals surface area contributed by atoms with Crippen molar-refractivity contribution in [2.24, 2.45) is 23.7 Å². The molecule has 2 rings (SSSR count). The van der Waals surface area contributed by atoms with Crippen molar-refractivity contribution in [1.29, 1.82) is 0 Å². The molecule has 0 aromatic rings. The molecule has 19 heavy (non-hydrogen) atoms. The summed E-state index contributed by atoms with van der Waals surface area (Å²) in [7, 11) is 2.28. The molecule has 0 N–H and O–H groups in total. The van der Waals surface area contributed by atoms with E-state index in [1.807, 2.05) is 0 Å². The van der Waals surface area contributed by atoms with E-state index < -0.39 is 0 Å². The third kappa shape index (κ3) is 4.46. The Bertz CT molecular complexity index is 264. The van der Waals surface area contributed by atoms with E-state index in [-0.39, 0.29) is 0 Å². The van der Waals surface area contributed by atoms with Crippen molar-refractivity contribution in [1.82, 2.24) is 9.80 Å². The second-order valence-corrected chi connectivity index (χ2v) is 7.52. The molecule has 0 radical (unpaired) electrons. The molecular weight excluding hydrogens is 232 g/mol. The first kappa shape index (κ1) is 15.3. The van der Waals surface area contributed by atoms with E-state index >= 15 is 0 Å². The van der Waals surface area contributed by atoms with Crippen LogP contribution in [0.4, 0.5) is 0 Å². The van der Waals surface area contributed by atoms with Gasteiger partial charge < -0.3 is 9.80 Å². The van der Waals surface area contributed by atoms with Crippen LogP contribution in [0.5, 0.6) is 0 Å². The third-order valence-electron chi connectivity index (χ3n) is 5.62. The fourth-order valence-electron chi connectivity index (χ4n) is 3.90. The first-order valence-corrected chi connectivity index (χ1v) is 8.47. The molecule has 2 nitrogen and oxygen atoms in total. The molecular formula is C17H34N2. The number of nitrogens with zero attached hydrogens (tertiary/aromatic N) is 2. The zero-order valence-corrected chi connectivity index (χ0v) is 13.6. The molecule has 3 atom stereocenters. The van der Waals surface area contributed by atoms with Gasteiger partial charge in [0.15, 0.2) is 0 Å². The Morgan fingerprint density at radius 2 is 1.79 bits per heavy atom. The second-order valence-electron chi connectivity index (χ2n) is 7.52. The Labute approximate surface area is 120 Å². The van der Waals surface area contributed by atoms with E-state index in [2.05, 4.69) is 37.6 Å². The molecule has 0 saturated carbocycles. The van der Waals surface area contributed by atoms with E-state index in [1.165, 1.54) is 58.4 Å². The number of likely N-dealkylation sites (tertiary alicyclic amines) is 2. The molecule has 0 aromatic carbocycles. The van der Waals surface area contributed by atoms with Crippen molar-refractivity contribution >= 4 is 0 Å². The largest absolute Gasteiger partial charge is 0.306 e. The van der Waals surface area contributed by atoms with Crippen molar-refractivity contribution < 1.29 is 0 Å². The molecule has 2 aliphatic rings. The lowest BCUT2D eigenvalue weighted by Gasteiger charge is -2.34. The predicted octanol–water partition coefficient (Wildman–Crippen LogP) is 3.33. The Morgan fingerprint density at radius 1 is 1.00 bits per heavy atom. The van der Waals surface area contributed by atoms with Gasteiger partial charge >= 0.3 is 0 Å². The van der Waals surface area contributed by atoms with Crippen LogP contribution in [0.3, 0.4) is 0 Å². The van der Waals surface area contributed by atoms with Gasteiger partial charge in [0.25, 0.3) is 0 Å². The predicted molar refractivity (Wildman–Crippen MR) is 83.4 cm³/mol. The van der Waals surface area contributed by atoms with Gasteiger partial charge in [-0.25, -0.2) is 0 Å². The molecule has 2 heteroatoms. The molecule has 0 aliphatic carbocycles. The summed E-state index contributed by atoms with van der Waals surface area (Å²) >= 11 is 0. The van der Waals surface area contributed by atoms with Crippen molar-refractivity contribution in [3.05, 3.63) is 0 Å². The average Bonchev–Trinajstić information content (AvgIpc) is 2.85. The Morgan fingerprint density at radius 3 is 2.42 bits per heavy atom. The fraction of sp³-hybridized carbons (Fsp3) is 1.00. The van der Waals surface area contributed by atoms with Crippen molar-refractivity contribution in [3.8, 4) is 0 Å². The summed E-state index contributed by atoms with van der Waals surface area (Å²) < 4.78 is 0. The van der Waals surface area contributed by atoms with Crippen molar-refractivity contribution in [2.75, 3.05) is 39.8 Å². The smallest absolute Gasteiger partial charge is 0.00126 e. The molecule has 0 aromatic heterocycles. The third-order valence-corrected chi connectivity index (χ3v) is 5.62. The fourth-order valence-corrected chi connectivity index (χ4v) is 3.90. The van der Waals surface area contributed by atoms with Gasteiger partial charge in [-0.1, -0.05) is 20.8 Å². The number of hydrogen-bond donors (Lipinski definition) is 0. The van der Waals surface area contributed by atoms with Crippen LogP contribution in [0.2, 0.25) is 0 Å². The summed E-state index contributed by atoms with van der Waals surface area (Å²) in [6.07, 6.45) is 5.70. The van der Waals surface area contributed by atoms with Gasteiger partial charge in [-0.2, -0.15) is 0 Å². The van der Waals surface area contributed by atoms with Crippen LogP contribution in [0.1, 0.15) is 46.5 Å². The van der Waals surface area contributed by atoms with Gasteiger partial charge in [-0.05, 0) is 76.0 Å². The standard InChI is InChI=1S/C17H34N2/c1-14(2)16-8-11-19(13-16)10-7-15(3)17-6-5-9-18(4)12-17/h14-17H,5-13H2,1-4H3/t15?,16-,17-/m0/s1. The quantitative estimate of drug-likeness (QED) is 0.753. The highest BCUT2D eigenvalue weighted by Gasteiger charge is 2.26. The van der Waals surface area contributed by atoms with Gasteiger partial charge in [-0.15, -0.1) is 0 Å². The summed E-state index contributed by atoms with van der Waals surface area (Å²) in [5.74, 6) is 3.67. The zero-order chi connectivity index (χ0) is 13.8. The Balaban J connectivity index is 1.67. The van der Waals surface area contributed by atoms with E-state index in [4.69, 9.17) is 0 Å². The Kier molecular flexibility index (Phi) is 5.70. The highest BCUT2D eigenvalue weighted by atomic mass is 15.1. The van der Waals surface area contributed by atoms with E-state index in [1.54, 1.807) is 0 Å². The summed E-state index contributed by atoms with van der Waals surface area (Å²) in [6.45, 7) is 13.9. The molecule has 1 unspecified atom stereocenters. The minimum absolute atomic E-state index is 0.870. The van der Waals surface area contributed by atoms with Gasteiger partial charge in [0.05, 0.1) is 0 Å². The average molecular weight is 266 g/mol. The maximum Gasteiger partial charge on any atom is 0.00126 e. The monoisotopic (exact) mass is 266 g/mol. The van der Waals surface area contributed by atoms with Crippen LogP contribution >= 0.6 is 0 Å². The Hall–Kier alpha value is -0.0800. The van der Waals surface area contributed by atoms with Crippen LogP contribution in [-0.2, 0) is 0 Å². The summed E-state index contributed by atoms with van der Waals surface area (Å²) in [5.41, 5.74) is 0. The van der Waals surface area contributed by atoms with Crippen LogP contribution in [0.25, 0.3) is 0 Å². The zero-order valence-electron chi connectivity index (χ0n) is 13.6. The SMILES string of the molecule is CC(C)[C@H]1CCN(CCC(C)[C@H]2CCCN(C)C2)C1. The highest BCUT2D eigenvalue weighted by molar-refractivity contribution is 4.80. The second kappa shape index (κ2) is 7.08. The van der Waals surface area contributed by atoms with E-state index in [9.17, 15) is 0 Å². The van der Waals surface area contributed by atoms with Crippen molar-refractivity contribution in [3.63, 3.8) is 0 Å². The molecule has 2 aliphatic heterocycles. The maximum absolute atomic E-state index is 2.72. The summed E-state index contributed by atoms with van der Waals surface area (Å²) in [4.78, 5) is 5.24. The first-order chi connectivity index (χ1) is 9.06. The van der Waals surface area contributed by atoms with Crippen LogP contribution < -0.4 is 0 Å². The lowest BCUT2D eigenvalue weighted by molar-refractivity contribution is 0.152. The van der Waals surface area contributed by atoms with Gasteiger partial charge in [0.1, 0.15) is 0 Å². The summed E-state index contributed by atoms with van der Waals surface area (Å²) in [5, 5.41) is 0. The van der Waals surface area contributed by atoms with E-state index in [0.29, 0.717) is 0 Å². The molecule has 0 bridgehead atoms. The highest BCUT2D eigenvalue weighted by Crippen LogP contribution is 2.28. The van der Waals surface area contributed by atoms with Crippen molar-refractivity contribution in [2.45, 2.75) is 46.5 Å².